The second-order valence-electron chi connectivity index (χ2n) is 2.56. The number of rotatable bonds is 0. The molecule has 0 amide bonds. The fourth-order valence-electron chi connectivity index (χ4n) is 1.54. The van der Waals surface area contributed by atoms with Crippen LogP contribution in [0.3, 0.4) is 0 Å². The SMILES string of the molecule is C1CC2CSC2C1. The normalized spacial score (nSPS) is 48.0. The molecule has 0 bridgehead atoms. The molecule has 0 spiro atoms. The monoisotopic (exact) mass is 114 g/mol. The van der Waals surface area contributed by atoms with Gasteiger partial charge in [-0.2, -0.15) is 11.8 Å². The van der Waals surface area contributed by atoms with E-state index in [4.69, 9.17) is 0 Å². The molecule has 1 saturated carbocycles. The predicted molar refractivity (Wildman–Crippen MR) is 33.6 cm³/mol. The van der Waals surface area contributed by atoms with Crippen LogP contribution in [0.5, 0.6) is 0 Å². The molecule has 2 atom stereocenters. The van der Waals surface area contributed by atoms with Crippen LogP contribution in [0.1, 0.15) is 19.3 Å². The highest BCUT2D eigenvalue weighted by Crippen LogP contribution is 2.45. The zero-order valence-corrected chi connectivity index (χ0v) is 5.21. The summed E-state index contributed by atoms with van der Waals surface area (Å²) < 4.78 is 0. The van der Waals surface area contributed by atoms with Crippen molar-refractivity contribution < 1.29 is 0 Å². The van der Waals surface area contributed by atoms with E-state index in [1.807, 2.05) is 0 Å². The first kappa shape index (κ1) is 4.25. The maximum absolute atomic E-state index is 2.18. The van der Waals surface area contributed by atoms with Crippen molar-refractivity contribution in [3.05, 3.63) is 0 Å². The molecule has 1 heterocycles. The zero-order chi connectivity index (χ0) is 4.69. The third-order valence-electron chi connectivity index (χ3n) is 2.11. The minimum Gasteiger partial charge on any atom is -0.158 e. The number of fused-ring (bicyclic) bond motifs is 1. The Hall–Kier alpha value is 0.350. The van der Waals surface area contributed by atoms with Crippen LogP contribution in [0.25, 0.3) is 0 Å². The first-order valence-corrected chi connectivity index (χ1v) is 4.13. The van der Waals surface area contributed by atoms with Crippen LogP contribution in [0, 0.1) is 5.92 Å². The standard InChI is InChI=1S/C6H10S/c1-2-5-4-7-6(5)3-1/h5-6H,1-4H2. The minimum atomic E-state index is 1.11. The first-order chi connectivity index (χ1) is 3.47. The van der Waals surface area contributed by atoms with Crippen LogP contribution >= 0.6 is 11.8 Å². The summed E-state index contributed by atoms with van der Waals surface area (Å²) in [4.78, 5) is 0. The Kier molecular flexibility index (Phi) is 0.857. The summed E-state index contributed by atoms with van der Waals surface area (Å²) in [5.41, 5.74) is 0. The molecule has 40 valence electrons. The Morgan fingerprint density at radius 2 is 2.29 bits per heavy atom. The van der Waals surface area contributed by atoms with Gasteiger partial charge in [-0.15, -0.1) is 0 Å². The van der Waals surface area contributed by atoms with Gasteiger partial charge in [0.15, 0.2) is 0 Å². The van der Waals surface area contributed by atoms with Crippen LogP contribution in [0.15, 0.2) is 0 Å². The summed E-state index contributed by atoms with van der Waals surface area (Å²) in [5.74, 6) is 2.63. The Bertz CT molecular complexity index is 70.2. The Morgan fingerprint density at radius 3 is 2.57 bits per heavy atom. The molecule has 1 aliphatic heterocycles. The molecule has 2 fully saturated rings. The van der Waals surface area contributed by atoms with Crippen molar-refractivity contribution in [2.75, 3.05) is 5.75 Å². The summed E-state index contributed by atoms with van der Waals surface area (Å²) in [6.07, 6.45) is 4.58. The molecule has 0 aromatic carbocycles. The van der Waals surface area contributed by atoms with Gasteiger partial charge in [-0.05, 0) is 24.5 Å². The van der Waals surface area contributed by atoms with Crippen LogP contribution in [0.4, 0.5) is 0 Å². The van der Waals surface area contributed by atoms with Crippen molar-refractivity contribution in [3.63, 3.8) is 0 Å². The van der Waals surface area contributed by atoms with Crippen molar-refractivity contribution in [1.29, 1.82) is 0 Å². The van der Waals surface area contributed by atoms with Gasteiger partial charge >= 0.3 is 0 Å². The van der Waals surface area contributed by atoms with Gasteiger partial charge < -0.3 is 0 Å². The fourth-order valence-corrected chi connectivity index (χ4v) is 2.91. The van der Waals surface area contributed by atoms with E-state index in [9.17, 15) is 0 Å². The van der Waals surface area contributed by atoms with E-state index in [1.54, 1.807) is 0 Å². The van der Waals surface area contributed by atoms with Gasteiger partial charge in [0.2, 0.25) is 0 Å². The van der Waals surface area contributed by atoms with Crippen molar-refractivity contribution >= 4 is 11.8 Å². The van der Waals surface area contributed by atoms with Crippen molar-refractivity contribution in [2.45, 2.75) is 24.5 Å². The van der Waals surface area contributed by atoms with Crippen molar-refractivity contribution in [2.24, 2.45) is 5.92 Å². The molecule has 1 saturated heterocycles. The van der Waals surface area contributed by atoms with Gasteiger partial charge in [0.05, 0.1) is 0 Å². The summed E-state index contributed by atoms with van der Waals surface area (Å²) >= 11 is 2.18. The van der Waals surface area contributed by atoms with Crippen LogP contribution in [-0.2, 0) is 0 Å². The quantitative estimate of drug-likeness (QED) is 0.463. The van der Waals surface area contributed by atoms with Gasteiger partial charge in [-0.25, -0.2) is 0 Å². The lowest BCUT2D eigenvalue weighted by molar-refractivity contribution is 0.597. The molecule has 7 heavy (non-hydrogen) atoms. The lowest BCUT2D eigenvalue weighted by atomic mass is 10.1. The Morgan fingerprint density at radius 1 is 1.29 bits per heavy atom. The Labute approximate surface area is 48.7 Å². The lowest BCUT2D eigenvalue weighted by Gasteiger charge is -2.28. The molecule has 0 nitrogen and oxygen atoms in total. The van der Waals surface area contributed by atoms with E-state index in [0.29, 0.717) is 0 Å². The maximum Gasteiger partial charge on any atom is 0.00833 e. The second-order valence-corrected chi connectivity index (χ2v) is 3.83. The minimum absolute atomic E-state index is 1.11. The number of hydrogen-bond acceptors (Lipinski definition) is 1. The third-order valence-corrected chi connectivity index (χ3v) is 3.78. The molecule has 0 aromatic heterocycles. The van der Waals surface area contributed by atoms with Crippen molar-refractivity contribution in [1.82, 2.24) is 0 Å². The summed E-state index contributed by atoms with van der Waals surface area (Å²) in [5, 5.41) is 1.11. The summed E-state index contributed by atoms with van der Waals surface area (Å²) in [6.45, 7) is 0. The van der Waals surface area contributed by atoms with Crippen LogP contribution in [0.2, 0.25) is 0 Å². The molecule has 2 unspecified atom stereocenters. The van der Waals surface area contributed by atoms with Gasteiger partial charge in [-0.1, -0.05) is 6.42 Å². The van der Waals surface area contributed by atoms with E-state index in [1.165, 1.54) is 25.0 Å². The summed E-state index contributed by atoms with van der Waals surface area (Å²) in [7, 11) is 0. The third kappa shape index (κ3) is 0.510. The molecule has 2 rings (SSSR count). The molecule has 0 radical (unpaired) electrons. The number of thioether (sulfide) groups is 1. The largest absolute Gasteiger partial charge is 0.158 e. The van der Waals surface area contributed by atoms with E-state index >= 15 is 0 Å². The fraction of sp³-hybridized carbons (Fsp3) is 1.00. The molecule has 0 N–H and O–H groups in total. The molecule has 0 aromatic rings. The van der Waals surface area contributed by atoms with E-state index in [-0.39, 0.29) is 0 Å². The lowest BCUT2D eigenvalue weighted by Crippen LogP contribution is -2.23. The Balaban J connectivity index is 2.03. The maximum atomic E-state index is 2.18. The molecule has 2 aliphatic rings. The molecule has 1 heteroatoms. The molecular formula is C6H10S. The smallest absolute Gasteiger partial charge is 0.00833 e. The van der Waals surface area contributed by atoms with Crippen LogP contribution < -0.4 is 0 Å². The van der Waals surface area contributed by atoms with E-state index in [2.05, 4.69) is 11.8 Å². The average Bonchev–Trinajstić information content (AvgIpc) is 1.85. The van der Waals surface area contributed by atoms with Gasteiger partial charge in [0.1, 0.15) is 0 Å². The topological polar surface area (TPSA) is 0 Å². The summed E-state index contributed by atoms with van der Waals surface area (Å²) in [6, 6.07) is 0. The van der Waals surface area contributed by atoms with Gasteiger partial charge in [0, 0.05) is 5.25 Å². The highest BCUT2D eigenvalue weighted by molar-refractivity contribution is 8.01. The predicted octanol–water partition coefficient (Wildman–Crippen LogP) is 1.90. The highest BCUT2D eigenvalue weighted by Gasteiger charge is 2.35. The van der Waals surface area contributed by atoms with Crippen molar-refractivity contribution in [3.8, 4) is 0 Å². The van der Waals surface area contributed by atoms with E-state index in [0.717, 1.165) is 11.2 Å². The van der Waals surface area contributed by atoms with Gasteiger partial charge in [-0.3, -0.25) is 0 Å². The zero-order valence-electron chi connectivity index (χ0n) is 4.39. The van der Waals surface area contributed by atoms with E-state index < -0.39 is 0 Å². The highest BCUT2D eigenvalue weighted by atomic mass is 32.2. The number of hydrogen-bond donors (Lipinski definition) is 0. The van der Waals surface area contributed by atoms with Gasteiger partial charge in [0.25, 0.3) is 0 Å². The average molecular weight is 114 g/mol. The second kappa shape index (κ2) is 1.41. The molecule has 1 aliphatic carbocycles. The first-order valence-electron chi connectivity index (χ1n) is 3.08. The van der Waals surface area contributed by atoms with Crippen LogP contribution in [-0.4, -0.2) is 11.0 Å². The molecular weight excluding hydrogens is 104 g/mol.